The molecule has 3 aromatic rings. The van der Waals surface area contributed by atoms with Crippen molar-refractivity contribution in [3.63, 3.8) is 0 Å². The smallest absolute Gasteiger partial charge is 0.104 e. The molecule has 3 aromatic carbocycles. The van der Waals surface area contributed by atoms with Gasteiger partial charge in [0, 0.05) is 16.7 Å². The number of rotatable bonds is 43. The van der Waals surface area contributed by atoms with E-state index in [9.17, 15) is 30.6 Å². The van der Waals surface area contributed by atoms with Crippen molar-refractivity contribution >= 4 is 0 Å². The van der Waals surface area contributed by atoms with Crippen molar-refractivity contribution in [3.05, 3.63) is 105 Å². The van der Waals surface area contributed by atoms with E-state index >= 15 is 0 Å². The van der Waals surface area contributed by atoms with Crippen LogP contribution in [0.3, 0.4) is 0 Å². The third kappa shape index (κ3) is 25.6. The minimum absolute atomic E-state index is 0.685. The van der Waals surface area contributed by atoms with Crippen LogP contribution in [-0.2, 0) is 53.2 Å². The molecule has 0 aliphatic heterocycles. The SMILES string of the molecule is CCCC[N+](CCCC)(CCCC)Cc1cc(C(C)(C)O)cc(C(C)(C)O)c1.CCCC[N+](CCCC)(CCCC)Cc1cc(C(O)(CC)CC)cc(C(O)(CC)CC)c1.CCCC[N+](CCCC)(CCCC)Cc1cc(C2(O)CCCC2)cc(C2(O)CCCC2)c1. The number of quaternary nitrogens is 3. The highest BCUT2D eigenvalue weighted by Gasteiger charge is 2.40. The van der Waals surface area contributed by atoms with Crippen molar-refractivity contribution in [3.8, 4) is 0 Å². The van der Waals surface area contributed by atoms with Crippen LogP contribution in [0.15, 0.2) is 54.6 Å². The maximum atomic E-state index is 11.5. The van der Waals surface area contributed by atoms with Gasteiger partial charge in [0.1, 0.15) is 19.6 Å². The minimum Gasteiger partial charge on any atom is -0.386 e. The first kappa shape index (κ1) is 83.5. The Bertz CT molecular complexity index is 2210. The number of hydrogen-bond donors (Lipinski definition) is 6. The van der Waals surface area contributed by atoms with Crippen LogP contribution in [0.25, 0.3) is 0 Å². The molecule has 530 valence electrons. The van der Waals surface area contributed by atoms with E-state index in [1.165, 1.54) is 191 Å². The van der Waals surface area contributed by atoms with E-state index in [1.54, 1.807) is 0 Å². The molecule has 0 unspecified atom stereocenters. The van der Waals surface area contributed by atoms with Gasteiger partial charge in [-0.1, -0.05) is 192 Å². The zero-order chi connectivity index (χ0) is 68.8. The first-order chi connectivity index (χ1) is 43.6. The molecule has 0 heterocycles. The van der Waals surface area contributed by atoms with Gasteiger partial charge in [0.05, 0.1) is 92.5 Å². The quantitative estimate of drug-likeness (QED) is 0.0314. The zero-order valence-electron chi connectivity index (χ0n) is 63.4. The fourth-order valence-corrected chi connectivity index (χ4v) is 15.3. The lowest BCUT2D eigenvalue weighted by molar-refractivity contribution is -0.941. The second kappa shape index (κ2) is 40.3. The summed E-state index contributed by atoms with van der Waals surface area (Å²) in [5, 5.41) is 67.0. The van der Waals surface area contributed by atoms with Crippen molar-refractivity contribution in [1.29, 1.82) is 0 Å². The standard InChI is InChI=1S/C29H50NO2.C29H54NO2.C25H46NO2/c1-4-7-18-30(19-8-5-2,20-9-6-3)24-25-21-26(28(31)14-10-11-15-28)23-27(22-25)29(32)16-12-13-17-29;1-8-15-18-30(19-16-9-2,20-17-10-3)24-25-21-26(28(31,11-4)12-5)23-27(22-25)29(32,13-6)14-7;1-8-11-14-26(15-12-9-2,16-13-10-3)20-21-17-22(24(4,5)27)19-23(18-21)25(6,7)28/h21-23,31-32H,4-20,24H2,1-3H3;21-23,31-32H,8-20,24H2,1-7H3;17-19,27-28H,8-16,20H2,1-7H3/q3*+1. The summed E-state index contributed by atoms with van der Waals surface area (Å²) in [6.45, 7) is 50.2. The lowest BCUT2D eigenvalue weighted by Crippen LogP contribution is -2.49. The van der Waals surface area contributed by atoms with Gasteiger partial charge in [0.25, 0.3) is 0 Å². The number of nitrogens with zero attached hydrogens (tertiary/aromatic N) is 3. The maximum Gasteiger partial charge on any atom is 0.104 e. The molecule has 0 radical (unpaired) electrons. The van der Waals surface area contributed by atoms with Crippen LogP contribution in [0.5, 0.6) is 0 Å². The Hall–Kier alpha value is -2.70. The van der Waals surface area contributed by atoms with Gasteiger partial charge >= 0.3 is 0 Å². The van der Waals surface area contributed by atoms with E-state index < -0.39 is 33.6 Å². The van der Waals surface area contributed by atoms with Crippen LogP contribution in [-0.4, -0.2) is 103 Å². The van der Waals surface area contributed by atoms with Gasteiger partial charge in [0.15, 0.2) is 0 Å². The first-order valence-corrected chi connectivity index (χ1v) is 38.9. The molecule has 0 bridgehead atoms. The summed E-state index contributed by atoms with van der Waals surface area (Å²) in [4.78, 5) is 0. The Balaban J connectivity index is 0.000000361. The Kier molecular flexibility index (Phi) is 36.5. The van der Waals surface area contributed by atoms with Crippen LogP contribution >= 0.6 is 0 Å². The van der Waals surface area contributed by atoms with Gasteiger partial charge in [-0.3, -0.25) is 0 Å². The maximum absolute atomic E-state index is 11.5. The summed E-state index contributed by atoms with van der Waals surface area (Å²) in [7, 11) is 0. The van der Waals surface area contributed by atoms with Crippen LogP contribution in [0.4, 0.5) is 0 Å². The summed E-state index contributed by atoms with van der Waals surface area (Å²) in [6, 6.07) is 19.6. The van der Waals surface area contributed by atoms with Gasteiger partial charge in [-0.25, -0.2) is 0 Å². The van der Waals surface area contributed by atoms with E-state index in [1.807, 2.05) is 33.8 Å². The van der Waals surface area contributed by atoms with Crippen molar-refractivity contribution in [2.45, 2.75) is 364 Å². The number of unbranched alkanes of at least 4 members (excludes halogenated alkanes) is 9. The minimum atomic E-state index is -0.915. The summed E-state index contributed by atoms with van der Waals surface area (Å²) in [5.74, 6) is 0. The molecule has 0 amide bonds. The number of hydrogen-bond acceptors (Lipinski definition) is 6. The largest absolute Gasteiger partial charge is 0.386 e. The first-order valence-electron chi connectivity index (χ1n) is 38.9. The average Bonchev–Trinajstić information content (AvgIpc) is 1.26. The Morgan fingerprint density at radius 2 is 0.511 bits per heavy atom. The second-order valence-corrected chi connectivity index (χ2v) is 31.0. The molecule has 92 heavy (non-hydrogen) atoms. The van der Waals surface area contributed by atoms with Crippen LogP contribution in [0.2, 0.25) is 0 Å². The molecule has 0 aromatic heterocycles. The third-order valence-electron chi connectivity index (χ3n) is 22.2. The summed E-state index contributed by atoms with van der Waals surface area (Å²) < 4.78 is 3.41. The molecule has 2 aliphatic carbocycles. The topological polar surface area (TPSA) is 121 Å². The van der Waals surface area contributed by atoms with Crippen molar-refractivity contribution in [2.24, 2.45) is 0 Å². The van der Waals surface area contributed by atoms with Crippen LogP contribution < -0.4 is 0 Å². The number of benzene rings is 3. The van der Waals surface area contributed by atoms with Gasteiger partial charge in [-0.15, -0.1) is 0 Å². The normalized spacial score (nSPS) is 15.6. The molecular weight excluding hydrogens is 1130 g/mol. The lowest BCUT2D eigenvalue weighted by Gasteiger charge is -2.40. The lowest BCUT2D eigenvalue weighted by atomic mass is 9.81. The molecule has 2 fully saturated rings. The van der Waals surface area contributed by atoms with E-state index in [0.717, 1.165) is 118 Å². The van der Waals surface area contributed by atoms with Crippen molar-refractivity contribution < 1.29 is 44.1 Å². The molecular formula is C83H150N3O6+3. The second-order valence-electron chi connectivity index (χ2n) is 31.0. The molecule has 0 saturated heterocycles. The number of aliphatic hydroxyl groups is 6. The third-order valence-corrected chi connectivity index (χ3v) is 22.2. The van der Waals surface area contributed by atoms with Crippen molar-refractivity contribution in [1.82, 2.24) is 0 Å². The molecule has 2 saturated carbocycles. The molecule has 0 spiro atoms. The fraction of sp³-hybridized carbons (Fsp3) is 0.783. The molecule has 9 heteroatoms. The van der Waals surface area contributed by atoms with E-state index in [0.29, 0.717) is 25.7 Å². The predicted octanol–water partition coefficient (Wildman–Crippen LogP) is 20.2. The summed E-state index contributed by atoms with van der Waals surface area (Å²) in [5.41, 5.74) is 4.83. The monoisotopic (exact) mass is 1290 g/mol. The van der Waals surface area contributed by atoms with Gasteiger partial charge in [-0.2, -0.15) is 0 Å². The Morgan fingerprint density at radius 3 is 0.717 bits per heavy atom. The fourth-order valence-electron chi connectivity index (χ4n) is 15.3. The zero-order valence-corrected chi connectivity index (χ0v) is 63.4. The molecule has 5 rings (SSSR count). The summed E-state index contributed by atoms with van der Waals surface area (Å²) in [6.07, 6.45) is 32.9. The van der Waals surface area contributed by atoms with Gasteiger partial charge < -0.3 is 44.1 Å². The van der Waals surface area contributed by atoms with Crippen LogP contribution in [0.1, 0.15) is 360 Å². The Morgan fingerprint density at radius 1 is 0.304 bits per heavy atom. The molecule has 2 aliphatic rings. The molecule has 9 nitrogen and oxygen atoms in total. The molecule has 0 atom stereocenters. The van der Waals surface area contributed by atoms with E-state index in [4.69, 9.17) is 0 Å². The Labute approximate surface area is 568 Å². The highest BCUT2D eigenvalue weighted by atomic mass is 16.3. The van der Waals surface area contributed by atoms with Gasteiger partial charge in [-0.05, 0) is 207 Å². The van der Waals surface area contributed by atoms with E-state index in [-0.39, 0.29) is 0 Å². The van der Waals surface area contributed by atoms with Gasteiger partial charge in [0.2, 0.25) is 0 Å². The van der Waals surface area contributed by atoms with Crippen molar-refractivity contribution in [2.75, 3.05) is 58.9 Å². The molecule has 6 N–H and O–H groups in total. The van der Waals surface area contributed by atoms with E-state index in [2.05, 4.69) is 139 Å². The highest BCUT2D eigenvalue weighted by molar-refractivity contribution is 5.39. The highest BCUT2D eigenvalue weighted by Crippen LogP contribution is 2.45. The van der Waals surface area contributed by atoms with Crippen LogP contribution in [0, 0.1) is 0 Å². The summed E-state index contributed by atoms with van der Waals surface area (Å²) >= 11 is 0. The predicted molar refractivity (Wildman–Crippen MR) is 393 cm³/mol. The average molecular weight is 1290 g/mol.